The third-order valence-electron chi connectivity index (χ3n) is 7.86. The number of nitrogens with one attached hydrogen (secondary N) is 2. The van der Waals surface area contributed by atoms with Gasteiger partial charge in [0.1, 0.15) is 12.6 Å². The topological polar surface area (TPSA) is 165 Å². The number of benzene rings is 2. The maximum Gasteiger partial charge on any atom is 0.408 e. The van der Waals surface area contributed by atoms with Crippen LogP contribution in [0.25, 0.3) is 0 Å². The molecule has 242 valence electrons. The lowest BCUT2D eigenvalue weighted by Crippen LogP contribution is -2.51. The van der Waals surface area contributed by atoms with Crippen molar-refractivity contribution in [1.82, 2.24) is 15.5 Å². The second-order valence-electron chi connectivity index (χ2n) is 12.0. The number of ether oxygens (including phenoxy) is 1. The van der Waals surface area contributed by atoms with Crippen LogP contribution in [0.3, 0.4) is 0 Å². The first-order chi connectivity index (χ1) is 21.4. The quantitative estimate of drug-likeness (QED) is 0.258. The first-order valence-corrected chi connectivity index (χ1v) is 15.4. The number of primary amides is 1. The summed E-state index contributed by atoms with van der Waals surface area (Å²) < 4.78 is 5.26. The van der Waals surface area contributed by atoms with Crippen LogP contribution in [0.1, 0.15) is 57.6 Å². The van der Waals surface area contributed by atoms with Crippen LogP contribution >= 0.6 is 0 Å². The molecule has 4 amide bonds. The van der Waals surface area contributed by atoms with Gasteiger partial charge in [-0.3, -0.25) is 24.0 Å². The van der Waals surface area contributed by atoms with Crippen LogP contribution in [0.2, 0.25) is 0 Å². The van der Waals surface area contributed by atoms with Crippen LogP contribution in [-0.2, 0) is 41.7 Å². The average Bonchev–Trinajstić information content (AvgIpc) is 3.03. The van der Waals surface area contributed by atoms with E-state index < -0.39 is 47.6 Å². The molecular weight excluding hydrogens is 576 g/mol. The molecule has 1 fully saturated rings. The normalized spacial score (nSPS) is 15.4. The number of Topliss-reactive ketones (excluding diaryl/α,β-unsaturated/α-hetero) is 2. The van der Waals surface area contributed by atoms with Gasteiger partial charge in [0.05, 0.1) is 6.04 Å². The molecule has 1 aliphatic rings. The zero-order valence-electron chi connectivity index (χ0n) is 26.2. The summed E-state index contributed by atoms with van der Waals surface area (Å²) in [4.78, 5) is 77.9. The molecule has 4 N–H and O–H groups in total. The maximum absolute atomic E-state index is 13.1. The summed E-state index contributed by atoms with van der Waals surface area (Å²) in [5.74, 6) is -3.97. The molecule has 1 saturated heterocycles. The second-order valence-corrected chi connectivity index (χ2v) is 12.0. The number of amides is 4. The number of piperidine rings is 1. The summed E-state index contributed by atoms with van der Waals surface area (Å²) in [7, 11) is 0. The Balaban J connectivity index is 1.48. The van der Waals surface area contributed by atoms with Gasteiger partial charge in [0.25, 0.3) is 5.91 Å². The van der Waals surface area contributed by atoms with E-state index in [1.54, 1.807) is 0 Å². The van der Waals surface area contributed by atoms with Crippen molar-refractivity contribution in [2.75, 3.05) is 13.1 Å². The Labute approximate surface area is 264 Å². The number of carbonyl (C=O) groups is 6. The van der Waals surface area contributed by atoms with Gasteiger partial charge in [0, 0.05) is 37.8 Å². The Morgan fingerprint density at radius 2 is 1.42 bits per heavy atom. The van der Waals surface area contributed by atoms with E-state index in [-0.39, 0.29) is 50.1 Å². The number of alkyl carbamates (subject to hydrolysis) is 1. The van der Waals surface area contributed by atoms with E-state index >= 15 is 0 Å². The largest absolute Gasteiger partial charge is 0.445 e. The Hall–Kier alpha value is -4.54. The van der Waals surface area contributed by atoms with Crippen molar-refractivity contribution in [3.63, 3.8) is 0 Å². The Morgan fingerprint density at radius 3 is 1.98 bits per heavy atom. The molecule has 1 heterocycles. The van der Waals surface area contributed by atoms with Gasteiger partial charge in [0.15, 0.2) is 5.78 Å². The third-order valence-corrected chi connectivity index (χ3v) is 7.86. The summed E-state index contributed by atoms with van der Waals surface area (Å²) >= 11 is 0. The molecule has 11 nitrogen and oxygen atoms in total. The molecule has 1 aliphatic heterocycles. The fraction of sp³-hybridized carbons (Fsp3) is 0.471. The zero-order chi connectivity index (χ0) is 32.9. The average molecular weight is 621 g/mol. The molecule has 2 aromatic rings. The van der Waals surface area contributed by atoms with Crippen LogP contribution < -0.4 is 16.4 Å². The predicted octanol–water partition coefficient (Wildman–Crippen LogP) is 2.94. The van der Waals surface area contributed by atoms with Gasteiger partial charge in [-0.2, -0.15) is 0 Å². The first kappa shape index (κ1) is 34.9. The van der Waals surface area contributed by atoms with Crippen molar-refractivity contribution in [3.8, 4) is 0 Å². The standard InChI is InChI=1S/C34H44N4O7/c1-22(2)18-27(37-34(44)45-21-25-12-8-5-9-13-25)29(39)19-23(3)30(40)33(43)38-16-14-26(15-17-38)32(42)36-28(31(35)41)20-24-10-6-4-7-11-24/h4-13,22-23,26-28H,14-21H2,1-3H3,(H2,35,41)(H,36,42)(H,37,44). The van der Waals surface area contributed by atoms with Crippen molar-refractivity contribution in [3.05, 3.63) is 71.8 Å². The molecule has 0 saturated carbocycles. The van der Waals surface area contributed by atoms with Crippen LogP contribution in [0.5, 0.6) is 0 Å². The molecule has 0 radical (unpaired) electrons. The van der Waals surface area contributed by atoms with E-state index in [2.05, 4.69) is 10.6 Å². The highest BCUT2D eigenvalue weighted by atomic mass is 16.5. The summed E-state index contributed by atoms with van der Waals surface area (Å²) in [6.07, 6.45) is 0.316. The van der Waals surface area contributed by atoms with Crippen molar-refractivity contribution >= 4 is 35.4 Å². The predicted molar refractivity (Wildman–Crippen MR) is 167 cm³/mol. The van der Waals surface area contributed by atoms with Crippen molar-refractivity contribution in [2.45, 2.75) is 71.6 Å². The Morgan fingerprint density at radius 1 is 0.844 bits per heavy atom. The third kappa shape index (κ3) is 11.2. The number of likely N-dealkylation sites (tertiary alicyclic amines) is 1. The number of nitrogens with zero attached hydrogens (tertiary/aromatic N) is 1. The zero-order valence-corrected chi connectivity index (χ0v) is 26.2. The molecule has 0 bridgehead atoms. The van der Waals surface area contributed by atoms with E-state index in [0.29, 0.717) is 19.3 Å². The molecule has 45 heavy (non-hydrogen) atoms. The summed E-state index contributed by atoms with van der Waals surface area (Å²) in [5.41, 5.74) is 7.20. The van der Waals surface area contributed by atoms with E-state index in [1.165, 1.54) is 11.8 Å². The fourth-order valence-electron chi connectivity index (χ4n) is 5.26. The number of hydrogen-bond acceptors (Lipinski definition) is 7. The van der Waals surface area contributed by atoms with Crippen LogP contribution in [0.4, 0.5) is 4.79 Å². The molecule has 0 spiro atoms. The van der Waals surface area contributed by atoms with E-state index in [0.717, 1.165) is 11.1 Å². The van der Waals surface area contributed by atoms with E-state index in [1.807, 2.05) is 74.5 Å². The maximum atomic E-state index is 13.1. The molecule has 0 aliphatic carbocycles. The molecule has 3 unspecified atom stereocenters. The second kappa shape index (κ2) is 17.1. The van der Waals surface area contributed by atoms with Crippen molar-refractivity contribution < 1.29 is 33.5 Å². The monoisotopic (exact) mass is 620 g/mol. The number of carbonyl (C=O) groups excluding carboxylic acids is 6. The van der Waals surface area contributed by atoms with Gasteiger partial charge < -0.3 is 26.0 Å². The number of hydrogen-bond donors (Lipinski definition) is 3. The van der Waals surface area contributed by atoms with Crippen LogP contribution in [0.15, 0.2) is 60.7 Å². The number of ketones is 2. The lowest BCUT2D eigenvalue weighted by Gasteiger charge is -2.32. The van der Waals surface area contributed by atoms with Gasteiger partial charge in [-0.25, -0.2) is 4.79 Å². The van der Waals surface area contributed by atoms with Gasteiger partial charge >= 0.3 is 6.09 Å². The number of nitrogens with two attached hydrogens (primary N) is 1. The van der Waals surface area contributed by atoms with E-state index in [4.69, 9.17) is 10.5 Å². The molecule has 0 aromatic heterocycles. The van der Waals surface area contributed by atoms with Crippen molar-refractivity contribution in [1.29, 1.82) is 0 Å². The Bertz CT molecular complexity index is 1320. The number of rotatable bonds is 15. The van der Waals surface area contributed by atoms with Gasteiger partial charge in [-0.05, 0) is 36.3 Å². The van der Waals surface area contributed by atoms with E-state index in [9.17, 15) is 28.8 Å². The van der Waals surface area contributed by atoms with Gasteiger partial charge in [0.2, 0.25) is 17.6 Å². The highest BCUT2D eigenvalue weighted by Gasteiger charge is 2.34. The minimum atomic E-state index is -0.892. The van der Waals surface area contributed by atoms with Gasteiger partial charge in [-0.1, -0.05) is 81.4 Å². The summed E-state index contributed by atoms with van der Waals surface area (Å²) in [5, 5.41) is 5.35. The minimum absolute atomic E-state index is 0.0520. The fourth-order valence-corrected chi connectivity index (χ4v) is 5.26. The summed E-state index contributed by atoms with van der Waals surface area (Å²) in [6.45, 7) is 5.78. The molecule has 2 aromatic carbocycles. The smallest absolute Gasteiger partial charge is 0.408 e. The molecule has 3 rings (SSSR count). The SMILES string of the molecule is CC(C)CC(NC(=O)OCc1ccccc1)C(=O)CC(C)C(=O)C(=O)N1CCC(C(=O)NC(Cc2ccccc2)C(N)=O)CC1. The Kier molecular flexibility index (Phi) is 13.3. The molecule has 11 heteroatoms. The minimum Gasteiger partial charge on any atom is -0.445 e. The van der Waals surface area contributed by atoms with Crippen LogP contribution in [-0.4, -0.2) is 65.5 Å². The lowest BCUT2D eigenvalue weighted by molar-refractivity contribution is -0.148. The first-order valence-electron chi connectivity index (χ1n) is 15.4. The highest BCUT2D eigenvalue weighted by Crippen LogP contribution is 2.20. The molecule has 3 atom stereocenters. The van der Waals surface area contributed by atoms with Gasteiger partial charge in [-0.15, -0.1) is 0 Å². The van der Waals surface area contributed by atoms with Crippen molar-refractivity contribution in [2.24, 2.45) is 23.5 Å². The lowest BCUT2D eigenvalue weighted by atomic mass is 9.91. The summed E-state index contributed by atoms with van der Waals surface area (Å²) in [6, 6.07) is 16.6. The highest BCUT2D eigenvalue weighted by molar-refractivity contribution is 6.37. The molecular formula is C34H44N4O7. The van der Waals surface area contributed by atoms with Crippen LogP contribution in [0, 0.1) is 17.8 Å².